The molecule has 1 atom stereocenters. The van der Waals surface area contributed by atoms with Gasteiger partial charge in [0.2, 0.25) is 5.95 Å². The van der Waals surface area contributed by atoms with Gasteiger partial charge in [0.15, 0.2) is 0 Å². The van der Waals surface area contributed by atoms with Crippen LogP contribution in [0.15, 0.2) is 43.1 Å². The van der Waals surface area contributed by atoms with E-state index in [1.165, 1.54) is 12.7 Å². The van der Waals surface area contributed by atoms with E-state index in [1.807, 2.05) is 32.2 Å². The third-order valence-electron chi connectivity index (χ3n) is 8.73. The second-order valence-electron chi connectivity index (χ2n) is 12.0. The predicted molar refractivity (Wildman–Crippen MR) is 176 cm³/mol. The number of benzene rings is 1. The minimum absolute atomic E-state index is 0.227. The Morgan fingerprint density at radius 1 is 1.08 bits per heavy atom. The van der Waals surface area contributed by atoms with Crippen molar-refractivity contribution < 1.29 is 18.9 Å². The van der Waals surface area contributed by atoms with Gasteiger partial charge in [-0.05, 0) is 67.7 Å². The number of morpholine rings is 1. The summed E-state index contributed by atoms with van der Waals surface area (Å²) in [5, 5.41) is 29.3. The Morgan fingerprint density at radius 3 is 2.62 bits per heavy atom. The molecule has 1 aliphatic heterocycles. The molecule has 3 aromatic heterocycles. The molecule has 2 fully saturated rings. The van der Waals surface area contributed by atoms with Crippen molar-refractivity contribution in [1.82, 2.24) is 44.9 Å². The van der Waals surface area contributed by atoms with Crippen LogP contribution in [0.1, 0.15) is 57.9 Å². The standard InChI is InChI=1S/C33H43N11O4/c1-3-45-14-7-15-47-31-29(23-44(39-31)33(10-5-4-6-11-33)42-12-16-46-17-13-42)38-32-35-20-28(21-36-32)26-8-9-27(19-34)30(18-26)48-25(2)22-43-24-37-40-41-43/h8-9,18,20-21,23-25H,3-7,10-17,22H2,1-2H3,(H,35,36,38). The van der Waals surface area contributed by atoms with Gasteiger partial charge >= 0.3 is 0 Å². The normalized spacial score (nSPS) is 17.0. The highest BCUT2D eigenvalue weighted by atomic mass is 16.5. The second-order valence-corrected chi connectivity index (χ2v) is 12.0. The molecule has 2 aliphatic rings. The molecule has 1 unspecified atom stereocenters. The summed E-state index contributed by atoms with van der Waals surface area (Å²) in [6.45, 7) is 9.30. The van der Waals surface area contributed by atoms with Crippen LogP contribution in [-0.2, 0) is 21.7 Å². The largest absolute Gasteiger partial charge is 0.487 e. The van der Waals surface area contributed by atoms with Crippen molar-refractivity contribution in [3.8, 4) is 28.8 Å². The summed E-state index contributed by atoms with van der Waals surface area (Å²) >= 11 is 0. The number of nitrogens with zero attached hydrogens (tertiary/aromatic N) is 10. The van der Waals surface area contributed by atoms with Crippen molar-refractivity contribution in [2.75, 3.05) is 51.4 Å². The van der Waals surface area contributed by atoms with Crippen LogP contribution in [0.5, 0.6) is 11.6 Å². The molecule has 1 saturated heterocycles. The van der Waals surface area contributed by atoms with Crippen molar-refractivity contribution >= 4 is 11.6 Å². The summed E-state index contributed by atoms with van der Waals surface area (Å²) in [4.78, 5) is 11.8. The number of hydrogen-bond acceptors (Lipinski definition) is 13. The van der Waals surface area contributed by atoms with Gasteiger partial charge < -0.3 is 24.3 Å². The SMILES string of the molecule is CCOCCCOc1nn(C2(N3CCOCC3)CCCCC2)cc1Nc1ncc(-c2ccc(C#N)c(OC(C)Cn3cnnn3)c2)cn1. The van der Waals surface area contributed by atoms with E-state index in [0.29, 0.717) is 55.2 Å². The van der Waals surface area contributed by atoms with Gasteiger partial charge in [0.1, 0.15) is 35.6 Å². The summed E-state index contributed by atoms with van der Waals surface area (Å²) in [6, 6.07) is 7.63. The first-order chi connectivity index (χ1) is 23.6. The van der Waals surface area contributed by atoms with Crippen molar-refractivity contribution in [2.45, 2.75) is 70.7 Å². The Kier molecular flexibility index (Phi) is 11.1. The zero-order valence-electron chi connectivity index (χ0n) is 27.6. The van der Waals surface area contributed by atoms with Crippen molar-refractivity contribution in [3.63, 3.8) is 0 Å². The lowest BCUT2D eigenvalue weighted by molar-refractivity contribution is -0.0836. The van der Waals surface area contributed by atoms with Crippen molar-refractivity contribution in [1.29, 1.82) is 5.26 Å². The molecule has 15 nitrogen and oxygen atoms in total. The Balaban J connectivity index is 1.21. The van der Waals surface area contributed by atoms with Gasteiger partial charge in [-0.15, -0.1) is 10.2 Å². The Labute approximate surface area is 280 Å². The van der Waals surface area contributed by atoms with Crippen molar-refractivity contribution in [3.05, 3.63) is 48.7 Å². The van der Waals surface area contributed by atoms with Crippen LogP contribution >= 0.6 is 0 Å². The molecule has 1 aromatic carbocycles. The Bertz CT molecular complexity index is 1630. The van der Waals surface area contributed by atoms with Gasteiger partial charge in [0.05, 0.1) is 38.1 Å². The van der Waals surface area contributed by atoms with Crippen LogP contribution in [0.25, 0.3) is 11.1 Å². The zero-order chi connectivity index (χ0) is 33.2. The summed E-state index contributed by atoms with van der Waals surface area (Å²) < 4.78 is 27.2. The molecule has 1 aliphatic carbocycles. The molecule has 0 radical (unpaired) electrons. The molecule has 254 valence electrons. The van der Waals surface area contributed by atoms with Crippen LogP contribution in [-0.4, -0.2) is 97.1 Å². The quantitative estimate of drug-likeness (QED) is 0.181. The number of rotatable bonds is 15. The fraction of sp³-hybridized carbons (Fsp3) is 0.545. The lowest BCUT2D eigenvalue weighted by Crippen LogP contribution is -2.56. The average Bonchev–Trinajstić information content (AvgIpc) is 3.79. The zero-order valence-corrected chi connectivity index (χ0v) is 27.6. The van der Waals surface area contributed by atoms with Crippen LogP contribution in [0, 0.1) is 11.3 Å². The number of anilines is 2. The fourth-order valence-corrected chi connectivity index (χ4v) is 6.36. The smallest absolute Gasteiger partial charge is 0.257 e. The van der Waals surface area contributed by atoms with Crippen LogP contribution in [0.4, 0.5) is 11.6 Å². The number of nitrogens with one attached hydrogen (secondary N) is 1. The molecule has 0 spiro atoms. The van der Waals surface area contributed by atoms with Gasteiger partial charge in [-0.25, -0.2) is 19.3 Å². The van der Waals surface area contributed by atoms with E-state index in [4.69, 9.17) is 24.0 Å². The van der Waals surface area contributed by atoms with E-state index in [1.54, 1.807) is 23.1 Å². The molecular formula is C33H43N11O4. The van der Waals surface area contributed by atoms with Gasteiger partial charge in [-0.1, -0.05) is 12.5 Å². The van der Waals surface area contributed by atoms with E-state index in [2.05, 4.69) is 46.5 Å². The lowest BCUT2D eigenvalue weighted by atomic mass is 9.87. The van der Waals surface area contributed by atoms with Gasteiger partial charge in [0.25, 0.3) is 5.88 Å². The Morgan fingerprint density at radius 2 is 1.90 bits per heavy atom. The third-order valence-corrected chi connectivity index (χ3v) is 8.73. The molecule has 6 rings (SSSR count). The molecule has 15 heteroatoms. The van der Waals surface area contributed by atoms with Gasteiger partial charge in [-0.2, -0.15) is 5.26 Å². The van der Waals surface area contributed by atoms with E-state index >= 15 is 0 Å². The molecule has 1 saturated carbocycles. The monoisotopic (exact) mass is 657 g/mol. The van der Waals surface area contributed by atoms with E-state index < -0.39 is 0 Å². The highest BCUT2D eigenvalue weighted by Gasteiger charge is 2.42. The van der Waals surface area contributed by atoms with Crippen LogP contribution < -0.4 is 14.8 Å². The lowest BCUT2D eigenvalue weighted by Gasteiger charge is -2.47. The molecule has 0 amide bonds. The van der Waals surface area contributed by atoms with E-state index in [9.17, 15) is 5.26 Å². The van der Waals surface area contributed by atoms with Gasteiger partial charge in [0, 0.05) is 50.7 Å². The maximum atomic E-state index is 9.68. The molecule has 4 aromatic rings. The van der Waals surface area contributed by atoms with E-state index in [-0.39, 0.29) is 11.8 Å². The summed E-state index contributed by atoms with van der Waals surface area (Å²) in [5.41, 5.74) is 2.51. The van der Waals surface area contributed by atoms with Crippen molar-refractivity contribution in [2.24, 2.45) is 0 Å². The second kappa shape index (κ2) is 16.0. The maximum absolute atomic E-state index is 9.68. The number of tetrazole rings is 1. The molecule has 4 heterocycles. The molecule has 48 heavy (non-hydrogen) atoms. The highest BCUT2D eigenvalue weighted by molar-refractivity contribution is 5.67. The molecule has 1 N–H and O–H groups in total. The number of hydrogen-bond donors (Lipinski definition) is 1. The fourth-order valence-electron chi connectivity index (χ4n) is 6.36. The topological polar surface area (TPSA) is 163 Å². The van der Waals surface area contributed by atoms with Gasteiger partial charge in [-0.3, -0.25) is 4.90 Å². The van der Waals surface area contributed by atoms with Crippen LogP contribution in [0.3, 0.4) is 0 Å². The number of ether oxygens (including phenoxy) is 4. The maximum Gasteiger partial charge on any atom is 0.257 e. The number of aromatic nitrogens is 8. The summed E-state index contributed by atoms with van der Waals surface area (Å²) in [6.07, 6.45) is 13.1. The first kappa shape index (κ1) is 33.3. The first-order valence-corrected chi connectivity index (χ1v) is 16.7. The highest BCUT2D eigenvalue weighted by Crippen LogP contribution is 2.40. The molecule has 0 bridgehead atoms. The number of nitriles is 1. The predicted octanol–water partition coefficient (Wildman–Crippen LogP) is 4.16. The average molecular weight is 658 g/mol. The summed E-state index contributed by atoms with van der Waals surface area (Å²) in [5.74, 6) is 1.40. The minimum atomic E-state index is -0.272. The molecular weight excluding hydrogens is 614 g/mol. The Hall–Kier alpha value is -4.65. The third kappa shape index (κ3) is 7.89. The first-order valence-electron chi connectivity index (χ1n) is 16.7. The van der Waals surface area contributed by atoms with Crippen LogP contribution in [0.2, 0.25) is 0 Å². The minimum Gasteiger partial charge on any atom is -0.487 e. The van der Waals surface area contributed by atoms with E-state index in [0.717, 1.165) is 69.5 Å². The summed E-state index contributed by atoms with van der Waals surface area (Å²) in [7, 11) is 0.